The number of rotatable bonds is 3. The molecule has 3 heterocycles. The summed E-state index contributed by atoms with van der Waals surface area (Å²) in [6.07, 6.45) is 4.10. The lowest BCUT2D eigenvalue weighted by Gasteiger charge is -2.41. The lowest BCUT2D eigenvalue weighted by molar-refractivity contribution is -0.0431. The van der Waals surface area contributed by atoms with Crippen LogP contribution >= 0.6 is 11.3 Å². The van der Waals surface area contributed by atoms with Crippen LogP contribution in [0.2, 0.25) is 0 Å². The van der Waals surface area contributed by atoms with Crippen LogP contribution in [0.4, 0.5) is 0 Å². The van der Waals surface area contributed by atoms with Gasteiger partial charge in [-0.3, -0.25) is 4.79 Å². The number of hydrogen-bond acceptors (Lipinski definition) is 4. The molecule has 4 rings (SSSR count). The lowest BCUT2D eigenvalue weighted by Crippen LogP contribution is -2.55. The Bertz CT molecular complexity index is 738. The van der Waals surface area contributed by atoms with Crippen molar-refractivity contribution in [2.75, 3.05) is 32.7 Å². The standard InChI is InChI=1S/C19H24N2O2S/c22-18(16-4-5-17-15(12-16)6-11-24-17)21-10-3-7-19(23,14-21)13-20-8-1-2-9-20/h4-6,11-12,23H,1-3,7-10,13-14H2/t19-/m1/s1. The highest BCUT2D eigenvalue weighted by atomic mass is 32.1. The van der Waals surface area contributed by atoms with Crippen molar-refractivity contribution in [2.24, 2.45) is 0 Å². The minimum atomic E-state index is -0.759. The fourth-order valence-electron chi connectivity index (χ4n) is 4.05. The van der Waals surface area contributed by atoms with E-state index in [9.17, 15) is 9.90 Å². The predicted molar refractivity (Wildman–Crippen MR) is 97.6 cm³/mol. The number of carbonyl (C=O) groups excluding carboxylic acids is 1. The number of carbonyl (C=O) groups is 1. The Morgan fingerprint density at radius 2 is 2.00 bits per heavy atom. The first kappa shape index (κ1) is 16.1. The Kier molecular flexibility index (Phi) is 4.33. The Balaban J connectivity index is 1.49. The van der Waals surface area contributed by atoms with Gasteiger partial charge in [-0.1, -0.05) is 0 Å². The normalized spacial score (nSPS) is 25.5. The molecule has 0 aliphatic carbocycles. The van der Waals surface area contributed by atoms with Crippen LogP contribution in [0.15, 0.2) is 29.6 Å². The van der Waals surface area contributed by atoms with E-state index in [-0.39, 0.29) is 5.91 Å². The molecule has 24 heavy (non-hydrogen) atoms. The molecule has 1 atom stereocenters. The molecule has 128 valence electrons. The van der Waals surface area contributed by atoms with Crippen LogP contribution in [0.1, 0.15) is 36.0 Å². The van der Waals surface area contributed by atoms with E-state index in [0.717, 1.165) is 43.4 Å². The number of piperidine rings is 1. The highest BCUT2D eigenvalue weighted by Gasteiger charge is 2.37. The molecule has 1 aromatic carbocycles. The maximum absolute atomic E-state index is 12.9. The average molecular weight is 344 g/mol. The second-order valence-electron chi connectivity index (χ2n) is 7.21. The van der Waals surface area contributed by atoms with E-state index in [4.69, 9.17) is 0 Å². The van der Waals surface area contributed by atoms with Crippen LogP contribution in [0, 0.1) is 0 Å². The molecule has 5 heteroatoms. The summed E-state index contributed by atoms with van der Waals surface area (Å²) >= 11 is 1.69. The molecule has 2 saturated heterocycles. The molecule has 1 N–H and O–H groups in total. The van der Waals surface area contributed by atoms with Gasteiger partial charge in [-0.05, 0) is 73.8 Å². The van der Waals surface area contributed by atoms with Crippen molar-refractivity contribution in [3.05, 3.63) is 35.2 Å². The molecule has 2 fully saturated rings. The van der Waals surface area contributed by atoms with Gasteiger partial charge in [-0.15, -0.1) is 11.3 Å². The first-order valence-electron chi connectivity index (χ1n) is 8.84. The Morgan fingerprint density at radius 3 is 2.83 bits per heavy atom. The summed E-state index contributed by atoms with van der Waals surface area (Å²) in [4.78, 5) is 17.1. The fourth-order valence-corrected chi connectivity index (χ4v) is 4.82. The molecule has 0 unspecified atom stereocenters. The van der Waals surface area contributed by atoms with Crippen molar-refractivity contribution in [1.29, 1.82) is 0 Å². The quantitative estimate of drug-likeness (QED) is 0.931. The SMILES string of the molecule is O=C(c1ccc2sccc2c1)N1CCC[C@@](O)(CN2CCCC2)C1. The van der Waals surface area contributed by atoms with Crippen molar-refractivity contribution in [1.82, 2.24) is 9.80 Å². The minimum absolute atomic E-state index is 0.0441. The van der Waals surface area contributed by atoms with E-state index >= 15 is 0 Å². The van der Waals surface area contributed by atoms with Gasteiger partial charge < -0.3 is 14.9 Å². The third kappa shape index (κ3) is 3.21. The van der Waals surface area contributed by atoms with E-state index in [1.54, 1.807) is 11.3 Å². The van der Waals surface area contributed by atoms with Gasteiger partial charge >= 0.3 is 0 Å². The van der Waals surface area contributed by atoms with Gasteiger partial charge in [0, 0.05) is 23.4 Å². The molecular weight excluding hydrogens is 320 g/mol. The van der Waals surface area contributed by atoms with Crippen LogP contribution in [-0.4, -0.2) is 59.1 Å². The van der Waals surface area contributed by atoms with E-state index in [1.165, 1.54) is 17.5 Å². The molecule has 0 bridgehead atoms. The van der Waals surface area contributed by atoms with E-state index in [1.807, 2.05) is 23.1 Å². The predicted octanol–water partition coefficient (Wildman–Crippen LogP) is 2.96. The zero-order valence-electron chi connectivity index (χ0n) is 13.9. The minimum Gasteiger partial charge on any atom is -0.387 e. The number of hydrogen-bond donors (Lipinski definition) is 1. The summed E-state index contributed by atoms with van der Waals surface area (Å²) in [6, 6.07) is 7.96. The number of thiophene rings is 1. The highest BCUT2D eigenvalue weighted by molar-refractivity contribution is 7.17. The van der Waals surface area contributed by atoms with Crippen LogP contribution in [0.25, 0.3) is 10.1 Å². The summed E-state index contributed by atoms with van der Waals surface area (Å²) in [5.74, 6) is 0.0441. The summed E-state index contributed by atoms with van der Waals surface area (Å²) in [5, 5.41) is 14.2. The Hall–Kier alpha value is -1.43. The average Bonchev–Trinajstić information content (AvgIpc) is 3.24. The van der Waals surface area contributed by atoms with Crippen LogP contribution < -0.4 is 0 Å². The number of fused-ring (bicyclic) bond motifs is 1. The van der Waals surface area contributed by atoms with Gasteiger partial charge in [0.1, 0.15) is 0 Å². The molecule has 0 saturated carbocycles. The Labute approximate surface area is 146 Å². The summed E-state index contributed by atoms with van der Waals surface area (Å²) in [7, 11) is 0. The molecule has 2 aliphatic heterocycles. The molecule has 1 aromatic heterocycles. The third-order valence-electron chi connectivity index (χ3n) is 5.26. The monoisotopic (exact) mass is 344 g/mol. The van der Waals surface area contributed by atoms with Gasteiger partial charge in [0.15, 0.2) is 0 Å². The van der Waals surface area contributed by atoms with Crippen molar-refractivity contribution < 1.29 is 9.90 Å². The number of nitrogens with zero attached hydrogens (tertiary/aromatic N) is 2. The fraction of sp³-hybridized carbons (Fsp3) is 0.526. The highest BCUT2D eigenvalue weighted by Crippen LogP contribution is 2.27. The molecule has 1 amide bonds. The zero-order valence-corrected chi connectivity index (χ0v) is 14.7. The molecule has 2 aromatic rings. The van der Waals surface area contributed by atoms with Crippen molar-refractivity contribution in [2.45, 2.75) is 31.3 Å². The summed E-state index contributed by atoms with van der Waals surface area (Å²) < 4.78 is 1.20. The molecule has 0 radical (unpaired) electrons. The first-order chi connectivity index (χ1) is 11.6. The second-order valence-corrected chi connectivity index (χ2v) is 8.16. The molecular formula is C19H24N2O2S. The van der Waals surface area contributed by atoms with E-state index in [2.05, 4.69) is 16.3 Å². The number of amides is 1. The topological polar surface area (TPSA) is 43.8 Å². The van der Waals surface area contributed by atoms with Gasteiger partial charge in [0.05, 0.1) is 12.1 Å². The van der Waals surface area contributed by atoms with Crippen LogP contribution in [0.5, 0.6) is 0 Å². The number of aliphatic hydroxyl groups is 1. The van der Waals surface area contributed by atoms with Gasteiger partial charge in [-0.25, -0.2) is 0 Å². The summed E-state index contributed by atoms with van der Waals surface area (Å²) in [5.41, 5.74) is -0.0311. The van der Waals surface area contributed by atoms with E-state index in [0.29, 0.717) is 13.1 Å². The first-order valence-corrected chi connectivity index (χ1v) is 9.72. The smallest absolute Gasteiger partial charge is 0.253 e. The van der Waals surface area contributed by atoms with Crippen LogP contribution in [-0.2, 0) is 0 Å². The number of benzene rings is 1. The summed E-state index contributed by atoms with van der Waals surface area (Å²) in [6.45, 7) is 4.03. The third-order valence-corrected chi connectivity index (χ3v) is 6.16. The van der Waals surface area contributed by atoms with E-state index < -0.39 is 5.60 Å². The largest absolute Gasteiger partial charge is 0.387 e. The maximum atomic E-state index is 12.9. The lowest BCUT2D eigenvalue weighted by atomic mass is 9.91. The molecule has 2 aliphatic rings. The zero-order chi connectivity index (χ0) is 16.6. The van der Waals surface area contributed by atoms with Crippen molar-refractivity contribution in [3.63, 3.8) is 0 Å². The number of likely N-dealkylation sites (tertiary alicyclic amines) is 2. The molecule has 0 spiro atoms. The van der Waals surface area contributed by atoms with Gasteiger partial charge in [0.2, 0.25) is 0 Å². The van der Waals surface area contributed by atoms with Crippen LogP contribution in [0.3, 0.4) is 0 Å². The maximum Gasteiger partial charge on any atom is 0.253 e. The number of β-amino-alcohol motifs (C(OH)–C–C–N with tert-alkyl or cyclic N) is 1. The van der Waals surface area contributed by atoms with Gasteiger partial charge in [0.25, 0.3) is 5.91 Å². The van der Waals surface area contributed by atoms with Crippen molar-refractivity contribution >= 4 is 27.3 Å². The molecule has 4 nitrogen and oxygen atoms in total. The second kappa shape index (κ2) is 6.47. The van der Waals surface area contributed by atoms with Crippen molar-refractivity contribution in [3.8, 4) is 0 Å². The van der Waals surface area contributed by atoms with Gasteiger partial charge in [-0.2, -0.15) is 0 Å². The Morgan fingerprint density at radius 1 is 1.17 bits per heavy atom.